The minimum Gasteiger partial charge on any atom is -0.386 e. The third-order valence-electron chi connectivity index (χ3n) is 5.48. The van der Waals surface area contributed by atoms with Gasteiger partial charge in [-0.3, -0.25) is 9.79 Å². The highest BCUT2D eigenvalue weighted by molar-refractivity contribution is 8.02. The number of amidine groups is 1. The van der Waals surface area contributed by atoms with Crippen LogP contribution in [0.2, 0.25) is 5.02 Å². The smallest absolute Gasteiger partial charge is 0.276 e. The number of nitrogens with one attached hydrogen (secondary N) is 1. The summed E-state index contributed by atoms with van der Waals surface area (Å²) in [5, 5.41) is 1.07. The molecule has 2 atom stereocenters. The Labute approximate surface area is 212 Å². The van der Waals surface area contributed by atoms with Gasteiger partial charge in [0, 0.05) is 11.7 Å². The van der Waals surface area contributed by atoms with E-state index in [0.29, 0.717) is 0 Å². The number of nitrogens with two attached hydrogens (primary N) is 1. The summed E-state index contributed by atoms with van der Waals surface area (Å²) in [5.41, 5.74) is 3.77. The number of nitrogens with zero attached hydrogens (tertiary/aromatic N) is 4. The lowest BCUT2D eigenvalue weighted by atomic mass is 9.88. The van der Waals surface area contributed by atoms with Crippen molar-refractivity contribution in [2.75, 3.05) is 11.9 Å². The van der Waals surface area contributed by atoms with E-state index in [4.69, 9.17) is 17.3 Å². The lowest BCUT2D eigenvalue weighted by Gasteiger charge is -2.44. The third-order valence-corrected chi connectivity index (χ3v) is 7.48. The summed E-state index contributed by atoms with van der Waals surface area (Å²) in [6.07, 6.45) is 1.05. The van der Waals surface area contributed by atoms with Crippen LogP contribution < -0.4 is 11.1 Å². The molecule has 0 bridgehead atoms. The Bertz CT molecular complexity index is 1270. The Morgan fingerprint density at radius 1 is 1.33 bits per heavy atom. The molecule has 3 heterocycles. The largest absolute Gasteiger partial charge is 0.386 e. The molecule has 0 radical (unpaired) electrons. The van der Waals surface area contributed by atoms with Gasteiger partial charge >= 0.3 is 0 Å². The molecule has 192 valence electrons. The maximum absolute atomic E-state index is 15.1. The molecule has 1 amide bonds. The first-order chi connectivity index (χ1) is 16.7. The van der Waals surface area contributed by atoms with Crippen molar-refractivity contribution in [1.82, 2.24) is 9.97 Å². The Balaban J connectivity index is 2.03. The van der Waals surface area contributed by atoms with Gasteiger partial charge < -0.3 is 11.1 Å². The number of hydrogen-bond acceptors (Lipinski definition) is 8. The normalized spacial score (nSPS) is 21.3. The van der Waals surface area contributed by atoms with E-state index in [1.54, 1.807) is 13.8 Å². The lowest BCUT2D eigenvalue weighted by Crippen LogP contribution is -2.51. The molecule has 1 aliphatic heterocycles. The molecule has 0 saturated heterocycles. The second-order valence-electron chi connectivity index (χ2n) is 8.69. The number of rotatable bonds is 7. The summed E-state index contributed by atoms with van der Waals surface area (Å²) in [4.78, 5) is 38.1. The van der Waals surface area contributed by atoms with Crippen LogP contribution in [0.5, 0.6) is 0 Å². The summed E-state index contributed by atoms with van der Waals surface area (Å²) < 4.78 is 56.7. The first kappa shape index (κ1) is 27.6. The first-order valence-electron chi connectivity index (χ1n) is 10.4. The fourth-order valence-electron chi connectivity index (χ4n) is 3.54. The van der Waals surface area contributed by atoms with Crippen molar-refractivity contribution in [2.45, 2.75) is 48.7 Å². The molecule has 3 N–H and O–H groups in total. The van der Waals surface area contributed by atoms with E-state index in [1.165, 1.54) is 6.92 Å². The van der Waals surface area contributed by atoms with Crippen LogP contribution in [-0.2, 0) is 10.3 Å². The lowest BCUT2D eigenvalue weighted by molar-refractivity contribution is -0.00279. The molecular weight excluding hydrogens is 524 g/mol. The van der Waals surface area contributed by atoms with Gasteiger partial charge in [-0.25, -0.2) is 32.3 Å². The molecule has 0 spiro atoms. The number of alkyl halides is 2. The quantitative estimate of drug-likeness (QED) is 0.301. The minimum atomic E-state index is -3.43. The number of carbonyl (C=O) groups excluding carboxylic acids is 2. The van der Waals surface area contributed by atoms with E-state index in [1.807, 2.05) is 0 Å². The standard InChI is InChI=1S/C22H21ClF4N6O2S/c1-20(2)19(28)33-21(3,14(36-20)7-22(26,27)9-29-10-34)17-13(25)4-5-15(31-17)32-18(35)16-12(23)6-11(24)8-30-16/h4-6,8,14H,7,9H2,1-3H3,(H2,28,33)(H,31,32,35)/t14-,21+/m1/s1. The van der Waals surface area contributed by atoms with Gasteiger partial charge in [-0.2, -0.15) is 4.99 Å². The van der Waals surface area contributed by atoms with Gasteiger partial charge in [0.05, 0.1) is 16.0 Å². The number of isocyanates is 1. The van der Waals surface area contributed by atoms with Crippen LogP contribution >= 0.6 is 23.4 Å². The van der Waals surface area contributed by atoms with Crippen LogP contribution in [0.4, 0.5) is 23.4 Å². The molecule has 2 aromatic rings. The van der Waals surface area contributed by atoms with E-state index in [0.717, 1.165) is 42.2 Å². The molecular formula is C22H21ClF4N6O2S. The van der Waals surface area contributed by atoms with Crippen LogP contribution in [0, 0.1) is 11.6 Å². The number of aliphatic imine (C=N–C) groups is 2. The Kier molecular flexibility index (Phi) is 7.77. The van der Waals surface area contributed by atoms with Gasteiger partial charge in [-0.05, 0) is 39.0 Å². The summed E-state index contributed by atoms with van der Waals surface area (Å²) in [6, 6.07) is 3.03. The second-order valence-corrected chi connectivity index (χ2v) is 10.9. The maximum atomic E-state index is 15.1. The van der Waals surface area contributed by atoms with Gasteiger partial charge in [0.15, 0.2) is 0 Å². The number of halogens is 5. The van der Waals surface area contributed by atoms with Crippen molar-refractivity contribution in [2.24, 2.45) is 15.7 Å². The number of carbonyl (C=O) groups is 1. The predicted molar refractivity (Wildman–Crippen MR) is 128 cm³/mol. The summed E-state index contributed by atoms with van der Waals surface area (Å²) in [5.74, 6) is -5.97. The molecule has 2 aromatic heterocycles. The molecule has 14 heteroatoms. The maximum Gasteiger partial charge on any atom is 0.276 e. The molecule has 0 aliphatic carbocycles. The number of thioether (sulfide) groups is 1. The average molecular weight is 545 g/mol. The number of aromatic nitrogens is 2. The number of amides is 1. The van der Waals surface area contributed by atoms with Crippen LogP contribution in [0.15, 0.2) is 34.4 Å². The van der Waals surface area contributed by atoms with E-state index in [2.05, 4.69) is 25.3 Å². The van der Waals surface area contributed by atoms with Gasteiger partial charge in [0.25, 0.3) is 11.8 Å². The van der Waals surface area contributed by atoms with Gasteiger partial charge in [-0.15, -0.1) is 11.8 Å². The van der Waals surface area contributed by atoms with E-state index >= 15 is 4.39 Å². The summed E-state index contributed by atoms with van der Waals surface area (Å²) >= 11 is 6.92. The van der Waals surface area contributed by atoms with Crippen LogP contribution in [-0.4, -0.2) is 50.3 Å². The summed E-state index contributed by atoms with van der Waals surface area (Å²) in [6.45, 7) is 3.68. The van der Waals surface area contributed by atoms with E-state index in [-0.39, 0.29) is 28.1 Å². The zero-order valence-corrected chi connectivity index (χ0v) is 20.9. The average Bonchev–Trinajstić information content (AvgIpc) is 2.77. The number of pyridine rings is 2. The zero-order chi connectivity index (χ0) is 26.9. The molecule has 0 aromatic carbocycles. The van der Waals surface area contributed by atoms with Crippen molar-refractivity contribution in [3.05, 3.63) is 52.4 Å². The van der Waals surface area contributed by atoms with Gasteiger partial charge in [0.2, 0.25) is 6.08 Å². The van der Waals surface area contributed by atoms with E-state index in [9.17, 15) is 22.8 Å². The number of hydrogen-bond donors (Lipinski definition) is 2. The number of anilines is 1. The SMILES string of the molecule is CC1(C)S[C@H](CC(F)(F)CN=C=O)[C@@](C)(c2nc(NC(=O)c3ncc(F)cc3Cl)ccc2F)N=C1N. The highest BCUT2D eigenvalue weighted by Crippen LogP contribution is 2.50. The Morgan fingerprint density at radius 3 is 2.67 bits per heavy atom. The Hall–Kier alpha value is -3.02. The monoisotopic (exact) mass is 544 g/mol. The van der Waals surface area contributed by atoms with Crippen LogP contribution in [0.25, 0.3) is 0 Å². The fourth-order valence-corrected chi connectivity index (χ4v) is 5.38. The predicted octanol–water partition coefficient (Wildman–Crippen LogP) is 4.49. The molecule has 0 unspecified atom stereocenters. The zero-order valence-electron chi connectivity index (χ0n) is 19.3. The molecule has 36 heavy (non-hydrogen) atoms. The highest BCUT2D eigenvalue weighted by atomic mass is 35.5. The van der Waals surface area contributed by atoms with Crippen molar-refractivity contribution < 1.29 is 27.2 Å². The van der Waals surface area contributed by atoms with Crippen LogP contribution in [0.3, 0.4) is 0 Å². The topological polar surface area (TPSA) is 123 Å². The molecule has 8 nitrogen and oxygen atoms in total. The Morgan fingerprint density at radius 2 is 2.03 bits per heavy atom. The first-order valence-corrected chi connectivity index (χ1v) is 11.7. The van der Waals surface area contributed by atoms with Gasteiger partial charge in [0.1, 0.15) is 46.8 Å². The van der Waals surface area contributed by atoms with Crippen molar-refractivity contribution >= 4 is 47.0 Å². The third kappa shape index (κ3) is 5.85. The van der Waals surface area contributed by atoms with Crippen molar-refractivity contribution in [1.29, 1.82) is 0 Å². The van der Waals surface area contributed by atoms with E-state index < -0.39 is 52.0 Å². The molecule has 3 rings (SSSR count). The van der Waals surface area contributed by atoms with Gasteiger partial charge in [-0.1, -0.05) is 11.6 Å². The molecule has 0 fully saturated rings. The van der Waals surface area contributed by atoms with Crippen molar-refractivity contribution in [3.8, 4) is 0 Å². The van der Waals surface area contributed by atoms with Crippen molar-refractivity contribution in [3.63, 3.8) is 0 Å². The minimum absolute atomic E-state index is 0.0819. The summed E-state index contributed by atoms with van der Waals surface area (Å²) in [7, 11) is 0. The molecule has 0 saturated carbocycles. The second kappa shape index (κ2) is 10.2. The molecule has 1 aliphatic rings. The highest BCUT2D eigenvalue weighted by Gasteiger charge is 2.51. The van der Waals surface area contributed by atoms with Crippen LogP contribution in [0.1, 0.15) is 43.4 Å². The fraction of sp³-hybridized carbons (Fsp3) is 0.409.